The van der Waals surface area contributed by atoms with Crippen molar-refractivity contribution in [2.45, 2.75) is 26.2 Å². The Kier molecular flexibility index (Phi) is 3.99. The van der Waals surface area contributed by atoms with Gasteiger partial charge >= 0.3 is 0 Å². The molecule has 30 heavy (non-hydrogen) atoms. The second-order valence-electron chi connectivity index (χ2n) is 8.53. The van der Waals surface area contributed by atoms with Crippen LogP contribution in [0, 0.1) is 6.92 Å². The number of hydrogen-bond donors (Lipinski definition) is 0. The number of hydrogen-bond acceptors (Lipinski definition) is 0. The van der Waals surface area contributed by atoms with Crippen molar-refractivity contribution in [2.75, 3.05) is 0 Å². The SMILES string of the molecule is Cc1cc2ccccc2c2c(Cc3cc4c(c5ccccc35)C=CCC4)cccc12. The molecule has 5 aromatic carbocycles. The lowest BCUT2D eigenvalue weighted by Gasteiger charge is -2.18. The first-order valence-corrected chi connectivity index (χ1v) is 10.9. The molecule has 1 aliphatic rings. The summed E-state index contributed by atoms with van der Waals surface area (Å²) in [5, 5.41) is 8.25. The summed E-state index contributed by atoms with van der Waals surface area (Å²) in [7, 11) is 0. The van der Waals surface area contributed by atoms with Gasteiger partial charge in [0, 0.05) is 0 Å². The molecular formula is C30H24. The summed E-state index contributed by atoms with van der Waals surface area (Å²) >= 11 is 0. The first kappa shape index (κ1) is 17.5. The van der Waals surface area contributed by atoms with Crippen molar-refractivity contribution in [1.29, 1.82) is 0 Å². The Labute approximate surface area is 177 Å². The Bertz CT molecular complexity index is 1470. The molecule has 0 aromatic heterocycles. The molecule has 0 saturated carbocycles. The van der Waals surface area contributed by atoms with E-state index >= 15 is 0 Å². The second kappa shape index (κ2) is 6.85. The van der Waals surface area contributed by atoms with Crippen LogP contribution >= 0.6 is 0 Å². The van der Waals surface area contributed by atoms with Gasteiger partial charge in [-0.15, -0.1) is 0 Å². The van der Waals surface area contributed by atoms with Crippen LogP contribution in [0.1, 0.15) is 34.2 Å². The van der Waals surface area contributed by atoms with Crippen LogP contribution in [-0.2, 0) is 12.8 Å². The Morgan fingerprint density at radius 3 is 2.37 bits per heavy atom. The molecule has 0 fully saturated rings. The summed E-state index contributed by atoms with van der Waals surface area (Å²) in [6.45, 7) is 2.24. The van der Waals surface area contributed by atoms with Crippen LogP contribution in [0.2, 0.25) is 0 Å². The molecule has 0 aliphatic heterocycles. The maximum absolute atomic E-state index is 2.47. The standard InChI is InChI=1S/C30H24/c1-20-17-21-9-3-5-14-28(21)30-23(11-8-16-25(20)30)19-24-18-22-10-2-4-12-26(22)29-15-7-6-13-27(24)29/h3-9,11-18H,2,10,19H2,1H3. The van der Waals surface area contributed by atoms with Crippen LogP contribution in [0.25, 0.3) is 38.4 Å². The van der Waals surface area contributed by atoms with Gasteiger partial charge in [0.2, 0.25) is 0 Å². The highest BCUT2D eigenvalue weighted by Gasteiger charge is 2.15. The van der Waals surface area contributed by atoms with Gasteiger partial charge in [-0.2, -0.15) is 0 Å². The lowest BCUT2D eigenvalue weighted by Crippen LogP contribution is -2.00. The van der Waals surface area contributed by atoms with Crippen LogP contribution < -0.4 is 0 Å². The van der Waals surface area contributed by atoms with Gasteiger partial charge in [0.05, 0.1) is 0 Å². The molecule has 0 spiro atoms. The highest BCUT2D eigenvalue weighted by molar-refractivity contribution is 6.10. The van der Waals surface area contributed by atoms with Crippen LogP contribution in [-0.4, -0.2) is 0 Å². The molecule has 0 N–H and O–H groups in total. The third-order valence-corrected chi connectivity index (χ3v) is 6.68. The monoisotopic (exact) mass is 384 g/mol. The molecule has 0 saturated heterocycles. The van der Waals surface area contributed by atoms with Crippen LogP contribution in [0.5, 0.6) is 0 Å². The number of rotatable bonds is 2. The molecule has 1 aliphatic carbocycles. The summed E-state index contributed by atoms with van der Waals surface area (Å²) in [6, 6.07) is 29.3. The summed E-state index contributed by atoms with van der Waals surface area (Å²) in [5.41, 5.74) is 7.12. The normalized spacial score (nSPS) is 13.2. The Balaban J connectivity index is 1.63. The fourth-order valence-electron chi connectivity index (χ4n) is 5.29. The van der Waals surface area contributed by atoms with Gasteiger partial charge in [-0.1, -0.05) is 91.0 Å². The first-order valence-electron chi connectivity index (χ1n) is 10.9. The van der Waals surface area contributed by atoms with Crippen molar-refractivity contribution in [3.63, 3.8) is 0 Å². The molecular weight excluding hydrogens is 360 g/mol. The zero-order valence-corrected chi connectivity index (χ0v) is 17.3. The predicted molar refractivity (Wildman–Crippen MR) is 130 cm³/mol. The van der Waals surface area contributed by atoms with E-state index in [1.54, 1.807) is 0 Å². The number of fused-ring (bicyclic) bond motifs is 6. The van der Waals surface area contributed by atoms with E-state index in [-0.39, 0.29) is 0 Å². The maximum Gasteiger partial charge on any atom is -0.00131 e. The number of allylic oxidation sites excluding steroid dienone is 1. The van der Waals surface area contributed by atoms with Crippen molar-refractivity contribution in [3.8, 4) is 0 Å². The van der Waals surface area contributed by atoms with Crippen LogP contribution in [0.3, 0.4) is 0 Å². The zero-order valence-electron chi connectivity index (χ0n) is 17.3. The molecule has 0 radical (unpaired) electrons. The average Bonchev–Trinajstić information content (AvgIpc) is 2.79. The summed E-state index contributed by atoms with van der Waals surface area (Å²) in [6.07, 6.45) is 7.88. The van der Waals surface area contributed by atoms with E-state index in [1.807, 2.05) is 0 Å². The molecule has 0 heterocycles. The molecule has 144 valence electrons. The van der Waals surface area contributed by atoms with Crippen molar-refractivity contribution in [1.82, 2.24) is 0 Å². The molecule has 0 nitrogen and oxygen atoms in total. The van der Waals surface area contributed by atoms with E-state index in [0.717, 1.165) is 19.3 Å². The second-order valence-corrected chi connectivity index (χ2v) is 8.53. The van der Waals surface area contributed by atoms with Gasteiger partial charge < -0.3 is 0 Å². The minimum atomic E-state index is 0.961. The van der Waals surface area contributed by atoms with E-state index in [2.05, 4.69) is 97.9 Å². The van der Waals surface area contributed by atoms with Gasteiger partial charge in [-0.3, -0.25) is 0 Å². The third-order valence-electron chi connectivity index (χ3n) is 6.68. The van der Waals surface area contributed by atoms with Gasteiger partial charge in [0.1, 0.15) is 0 Å². The zero-order chi connectivity index (χ0) is 20.1. The predicted octanol–water partition coefficient (Wildman–Crippen LogP) is 8.00. The van der Waals surface area contributed by atoms with Crippen molar-refractivity contribution in [2.24, 2.45) is 0 Å². The molecule has 5 aromatic rings. The summed E-state index contributed by atoms with van der Waals surface area (Å²) < 4.78 is 0. The minimum Gasteiger partial charge on any atom is -0.0836 e. The van der Waals surface area contributed by atoms with Gasteiger partial charge in [0.15, 0.2) is 0 Å². The highest BCUT2D eigenvalue weighted by Crippen LogP contribution is 2.35. The quantitative estimate of drug-likeness (QED) is 0.270. The largest absolute Gasteiger partial charge is 0.0836 e. The maximum atomic E-state index is 2.47. The van der Waals surface area contributed by atoms with E-state index in [1.165, 1.54) is 60.1 Å². The van der Waals surface area contributed by atoms with E-state index in [4.69, 9.17) is 0 Å². The first-order chi connectivity index (χ1) is 14.8. The molecule has 0 heteroatoms. The van der Waals surface area contributed by atoms with Crippen molar-refractivity contribution >= 4 is 38.4 Å². The molecule has 6 rings (SSSR count). The summed E-state index contributed by atoms with van der Waals surface area (Å²) in [4.78, 5) is 0. The average molecular weight is 385 g/mol. The molecule has 0 amide bonds. The van der Waals surface area contributed by atoms with Crippen LogP contribution in [0.4, 0.5) is 0 Å². The molecule has 0 unspecified atom stereocenters. The smallest absolute Gasteiger partial charge is 0.00131 e. The topological polar surface area (TPSA) is 0 Å². The van der Waals surface area contributed by atoms with E-state index < -0.39 is 0 Å². The van der Waals surface area contributed by atoms with Gasteiger partial charge in [-0.25, -0.2) is 0 Å². The van der Waals surface area contributed by atoms with E-state index in [0.29, 0.717) is 0 Å². The fourth-order valence-corrected chi connectivity index (χ4v) is 5.29. The third kappa shape index (κ3) is 2.68. The minimum absolute atomic E-state index is 0.961. The molecule has 0 atom stereocenters. The number of aryl methyl sites for hydroxylation is 2. The molecule has 0 bridgehead atoms. The van der Waals surface area contributed by atoms with Crippen molar-refractivity contribution in [3.05, 3.63) is 113 Å². The lowest BCUT2D eigenvalue weighted by atomic mass is 9.86. The van der Waals surface area contributed by atoms with Crippen LogP contribution in [0.15, 0.2) is 84.9 Å². The summed E-state index contributed by atoms with van der Waals surface area (Å²) in [5.74, 6) is 0. The lowest BCUT2D eigenvalue weighted by molar-refractivity contribution is 0.984. The Morgan fingerprint density at radius 1 is 0.700 bits per heavy atom. The van der Waals surface area contributed by atoms with Gasteiger partial charge in [-0.05, 0) is 86.3 Å². The Morgan fingerprint density at radius 2 is 1.47 bits per heavy atom. The van der Waals surface area contributed by atoms with Gasteiger partial charge in [0.25, 0.3) is 0 Å². The highest BCUT2D eigenvalue weighted by atomic mass is 14.2. The fraction of sp³-hybridized carbons (Fsp3) is 0.133. The Hall–Kier alpha value is -3.38. The number of benzene rings is 5. The van der Waals surface area contributed by atoms with Crippen molar-refractivity contribution < 1.29 is 0 Å². The van der Waals surface area contributed by atoms with E-state index in [9.17, 15) is 0 Å².